The van der Waals surface area contributed by atoms with Crippen molar-refractivity contribution < 1.29 is 9.18 Å². The van der Waals surface area contributed by atoms with Gasteiger partial charge in [-0.15, -0.1) is 0 Å². The second kappa shape index (κ2) is 7.34. The zero-order valence-corrected chi connectivity index (χ0v) is 14.1. The first kappa shape index (κ1) is 17.0. The summed E-state index contributed by atoms with van der Waals surface area (Å²) in [5.41, 5.74) is 1.35. The number of aromatic nitrogens is 2. The topological polar surface area (TPSA) is 74.0 Å². The quantitative estimate of drug-likeness (QED) is 0.925. The zero-order chi connectivity index (χ0) is 17.8. The molecule has 1 saturated heterocycles. The van der Waals surface area contributed by atoms with Crippen molar-refractivity contribution in [1.82, 2.24) is 14.5 Å². The molecule has 0 bridgehead atoms. The molecule has 1 aliphatic rings. The fraction of sp³-hybridized carbons (Fsp3) is 0.389. The van der Waals surface area contributed by atoms with Crippen LogP contribution in [0, 0.1) is 17.1 Å². The maximum atomic E-state index is 13.4. The van der Waals surface area contributed by atoms with E-state index in [1.54, 1.807) is 17.3 Å². The molecule has 1 aromatic carbocycles. The minimum atomic E-state index is -0.594. The highest BCUT2D eigenvalue weighted by atomic mass is 19.1. The number of nitrogens with zero attached hydrogens (tertiary/aromatic N) is 4. The summed E-state index contributed by atoms with van der Waals surface area (Å²) >= 11 is 0. The van der Waals surface area contributed by atoms with E-state index >= 15 is 0 Å². The van der Waals surface area contributed by atoms with Gasteiger partial charge in [0.05, 0.1) is 29.8 Å². The van der Waals surface area contributed by atoms with Gasteiger partial charge in [-0.05, 0) is 44.4 Å². The minimum absolute atomic E-state index is 0.0351. The first-order valence-corrected chi connectivity index (χ1v) is 8.41. The average Bonchev–Trinajstić information content (AvgIpc) is 3.11. The van der Waals surface area contributed by atoms with E-state index in [-0.39, 0.29) is 17.6 Å². The third kappa shape index (κ3) is 3.48. The van der Waals surface area contributed by atoms with Crippen LogP contribution in [0.4, 0.5) is 14.9 Å². The number of halogens is 1. The molecule has 0 radical (unpaired) electrons. The Hall–Kier alpha value is -2.88. The summed E-state index contributed by atoms with van der Waals surface area (Å²) in [4.78, 5) is 18.8. The van der Waals surface area contributed by atoms with Gasteiger partial charge in [-0.2, -0.15) is 5.26 Å². The van der Waals surface area contributed by atoms with E-state index in [0.29, 0.717) is 12.2 Å². The number of nitriles is 1. The Bertz CT molecular complexity index is 810. The Balaban J connectivity index is 1.81. The van der Waals surface area contributed by atoms with Gasteiger partial charge >= 0.3 is 6.03 Å². The largest absolute Gasteiger partial charge is 0.333 e. The van der Waals surface area contributed by atoms with Crippen LogP contribution in [0.5, 0.6) is 0 Å². The Kier molecular flexibility index (Phi) is 4.98. The molecule has 2 amide bonds. The number of anilines is 1. The molecule has 25 heavy (non-hydrogen) atoms. The smallest absolute Gasteiger partial charge is 0.322 e. The van der Waals surface area contributed by atoms with Crippen LogP contribution in [0.25, 0.3) is 0 Å². The van der Waals surface area contributed by atoms with Crippen molar-refractivity contribution in [2.75, 3.05) is 11.9 Å². The van der Waals surface area contributed by atoms with Gasteiger partial charge < -0.3 is 14.8 Å². The van der Waals surface area contributed by atoms with Gasteiger partial charge in [0.2, 0.25) is 0 Å². The van der Waals surface area contributed by atoms with E-state index < -0.39 is 5.82 Å². The van der Waals surface area contributed by atoms with Crippen LogP contribution in [0.2, 0.25) is 0 Å². The second-order valence-electron chi connectivity index (χ2n) is 6.05. The van der Waals surface area contributed by atoms with Crippen LogP contribution in [0.15, 0.2) is 30.7 Å². The van der Waals surface area contributed by atoms with E-state index in [2.05, 4.69) is 10.3 Å². The Labute approximate surface area is 145 Å². The van der Waals surface area contributed by atoms with Crippen molar-refractivity contribution in [1.29, 1.82) is 5.26 Å². The van der Waals surface area contributed by atoms with Gasteiger partial charge in [-0.3, -0.25) is 0 Å². The molecule has 1 aliphatic heterocycles. The number of carbonyl (C=O) groups is 1. The van der Waals surface area contributed by atoms with E-state index in [9.17, 15) is 9.18 Å². The molecule has 1 fully saturated rings. The first-order valence-electron chi connectivity index (χ1n) is 8.41. The van der Waals surface area contributed by atoms with Gasteiger partial charge in [0.1, 0.15) is 11.9 Å². The molecule has 1 atom stereocenters. The van der Waals surface area contributed by atoms with Crippen molar-refractivity contribution in [2.45, 2.75) is 38.8 Å². The van der Waals surface area contributed by atoms with Gasteiger partial charge in [0, 0.05) is 18.8 Å². The van der Waals surface area contributed by atoms with Crippen molar-refractivity contribution in [3.63, 3.8) is 0 Å². The number of nitrogens with one attached hydrogen (secondary N) is 1. The van der Waals surface area contributed by atoms with Crippen LogP contribution in [0.1, 0.15) is 43.5 Å². The predicted octanol–water partition coefficient (Wildman–Crippen LogP) is 3.67. The highest BCUT2D eigenvalue weighted by Gasteiger charge is 2.30. The summed E-state index contributed by atoms with van der Waals surface area (Å²) in [5, 5.41) is 11.7. The van der Waals surface area contributed by atoms with E-state index in [0.717, 1.165) is 31.5 Å². The number of amides is 2. The number of likely N-dealkylation sites (tertiary alicyclic amines) is 1. The number of imidazole rings is 1. The number of piperidine rings is 1. The molecule has 1 N–H and O–H groups in total. The zero-order valence-electron chi connectivity index (χ0n) is 14.1. The number of aryl methyl sites for hydroxylation is 1. The second-order valence-corrected chi connectivity index (χ2v) is 6.05. The van der Waals surface area contributed by atoms with Crippen molar-refractivity contribution >= 4 is 11.7 Å². The van der Waals surface area contributed by atoms with Crippen molar-refractivity contribution in [2.24, 2.45) is 0 Å². The molecule has 6 nitrogen and oxygen atoms in total. The number of hydrogen-bond acceptors (Lipinski definition) is 3. The number of hydrogen-bond donors (Lipinski definition) is 1. The lowest BCUT2D eigenvalue weighted by Crippen LogP contribution is -2.41. The van der Waals surface area contributed by atoms with E-state index in [4.69, 9.17) is 5.26 Å². The molecular formula is C18H20FN5O. The van der Waals surface area contributed by atoms with Crippen LogP contribution in [-0.2, 0) is 6.54 Å². The first-order chi connectivity index (χ1) is 12.1. The lowest BCUT2D eigenvalue weighted by atomic mass is 10.00. The Morgan fingerprint density at radius 1 is 1.48 bits per heavy atom. The minimum Gasteiger partial charge on any atom is -0.333 e. The summed E-state index contributed by atoms with van der Waals surface area (Å²) in [6, 6.07) is 5.50. The summed E-state index contributed by atoms with van der Waals surface area (Å²) < 4.78 is 15.5. The summed E-state index contributed by atoms with van der Waals surface area (Å²) in [7, 11) is 0. The average molecular weight is 341 g/mol. The maximum Gasteiger partial charge on any atom is 0.322 e. The van der Waals surface area contributed by atoms with Gasteiger partial charge in [-0.1, -0.05) is 0 Å². The molecule has 1 aromatic heterocycles. The Morgan fingerprint density at radius 3 is 3.08 bits per heavy atom. The van der Waals surface area contributed by atoms with Gasteiger partial charge in [-0.25, -0.2) is 14.2 Å². The number of carbonyl (C=O) groups excluding carboxylic acids is 1. The number of rotatable bonds is 3. The molecule has 7 heteroatoms. The van der Waals surface area contributed by atoms with Crippen LogP contribution in [0.3, 0.4) is 0 Å². The highest BCUT2D eigenvalue weighted by Crippen LogP contribution is 2.31. The molecule has 3 rings (SSSR count). The summed E-state index contributed by atoms with van der Waals surface area (Å²) in [6.45, 7) is 3.49. The van der Waals surface area contributed by atoms with E-state index in [1.807, 2.05) is 17.7 Å². The lowest BCUT2D eigenvalue weighted by Gasteiger charge is -2.36. The fourth-order valence-corrected chi connectivity index (χ4v) is 3.24. The standard InChI is InChI=1S/C18H20FN5O/c1-2-23-12-21-11-17(23)16-5-3-4-8-24(16)18(25)22-14-6-7-15(19)13(9-14)10-20/h6-7,9,11-12,16H,2-5,8H2,1H3,(H,22,25). The maximum absolute atomic E-state index is 13.4. The molecule has 0 saturated carbocycles. The SMILES string of the molecule is CCn1cncc1C1CCCCN1C(=O)Nc1ccc(F)c(C#N)c1. The third-order valence-electron chi connectivity index (χ3n) is 4.53. The monoisotopic (exact) mass is 341 g/mol. The molecule has 2 aromatic rings. The summed E-state index contributed by atoms with van der Waals surface area (Å²) in [5.74, 6) is -0.594. The highest BCUT2D eigenvalue weighted by molar-refractivity contribution is 5.89. The van der Waals surface area contributed by atoms with Crippen molar-refractivity contribution in [3.8, 4) is 6.07 Å². The summed E-state index contributed by atoms with van der Waals surface area (Å²) in [6.07, 6.45) is 6.46. The van der Waals surface area contributed by atoms with Crippen LogP contribution >= 0.6 is 0 Å². The lowest BCUT2D eigenvalue weighted by molar-refractivity contribution is 0.159. The van der Waals surface area contributed by atoms with Crippen LogP contribution in [-0.4, -0.2) is 27.0 Å². The van der Waals surface area contributed by atoms with Crippen molar-refractivity contribution in [3.05, 3.63) is 47.8 Å². The molecule has 1 unspecified atom stereocenters. The van der Waals surface area contributed by atoms with E-state index in [1.165, 1.54) is 18.2 Å². The molecular weight excluding hydrogens is 321 g/mol. The fourth-order valence-electron chi connectivity index (χ4n) is 3.24. The predicted molar refractivity (Wildman–Crippen MR) is 91.3 cm³/mol. The number of urea groups is 1. The Morgan fingerprint density at radius 2 is 2.32 bits per heavy atom. The molecule has 2 heterocycles. The third-order valence-corrected chi connectivity index (χ3v) is 4.53. The number of benzene rings is 1. The van der Waals surface area contributed by atoms with Gasteiger partial charge in [0.15, 0.2) is 0 Å². The van der Waals surface area contributed by atoms with Crippen LogP contribution < -0.4 is 5.32 Å². The van der Waals surface area contributed by atoms with Gasteiger partial charge in [0.25, 0.3) is 0 Å². The molecule has 0 aliphatic carbocycles. The molecule has 0 spiro atoms. The normalized spacial score (nSPS) is 17.2. The molecule has 130 valence electrons.